The molecule has 3 rings (SSSR count). The standard InChI is InChI=1S/C17H19N3OS/c1-4-12-6-7-14-13(10-12)11(3)15(20(14)5-2)16(21)19-17-18-8-9-22-17/h6-10H,4-5H2,1-3H3,(H,18,19,21). The molecule has 0 aliphatic carbocycles. The van der Waals surface area contributed by atoms with Crippen LogP contribution in [0.5, 0.6) is 0 Å². The highest BCUT2D eigenvalue weighted by Crippen LogP contribution is 2.28. The minimum atomic E-state index is -0.0939. The zero-order valence-electron chi connectivity index (χ0n) is 13.0. The maximum absolute atomic E-state index is 12.7. The Morgan fingerprint density at radius 1 is 1.36 bits per heavy atom. The summed E-state index contributed by atoms with van der Waals surface area (Å²) in [6.45, 7) is 6.98. The second-order valence-corrected chi connectivity index (χ2v) is 6.11. The summed E-state index contributed by atoms with van der Waals surface area (Å²) in [4.78, 5) is 16.8. The van der Waals surface area contributed by atoms with Gasteiger partial charge >= 0.3 is 0 Å². The Hall–Kier alpha value is -2.14. The molecule has 1 aromatic carbocycles. The number of nitrogens with one attached hydrogen (secondary N) is 1. The minimum Gasteiger partial charge on any atom is -0.337 e. The minimum absolute atomic E-state index is 0.0939. The van der Waals surface area contributed by atoms with Crippen molar-refractivity contribution in [3.05, 3.63) is 46.6 Å². The normalized spacial score (nSPS) is 11.0. The smallest absolute Gasteiger partial charge is 0.274 e. The van der Waals surface area contributed by atoms with Gasteiger partial charge in [-0.3, -0.25) is 10.1 Å². The molecule has 0 saturated heterocycles. The van der Waals surface area contributed by atoms with E-state index in [-0.39, 0.29) is 5.91 Å². The van der Waals surface area contributed by atoms with Crippen molar-refractivity contribution in [2.24, 2.45) is 0 Å². The van der Waals surface area contributed by atoms with Gasteiger partial charge in [0.25, 0.3) is 5.91 Å². The molecule has 0 bridgehead atoms. The number of aromatic nitrogens is 2. The van der Waals surface area contributed by atoms with Crippen LogP contribution in [-0.2, 0) is 13.0 Å². The predicted octanol–water partition coefficient (Wildman–Crippen LogP) is 4.24. The summed E-state index contributed by atoms with van der Waals surface area (Å²) < 4.78 is 2.08. The SMILES string of the molecule is CCc1ccc2c(c1)c(C)c(C(=O)Nc1nccs1)n2CC. The van der Waals surface area contributed by atoms with Crippen molar-refractivity contribution in [2.75, 3.05) is 5.32 Å². The van der Waals surface area contributed by atoms with Crippen molar-refractivity contribution in [2.45, 2.75) is 33.7 Å². The Kier molecular flexibility index (Phi) is 3.98. The van der Waals surface area contributed by atoms with Crippen molar-refractivity contribution in [1.29, 1.82) is 0 Å². The summed E-state index contributed by atoms with van der Waals surface area (Å²) in [6.07, 6.45) is 2.68. The van der Waals surface area contributed by atoms with Crippen LogP contribution in [0.2, 0.25) is 0 Å². The molecular formula is C17H19N3OS. The highest BCUT2D eigenvalue weighted by molar-refractivity contribution is 7.13. The number of rotatable bonds is 4. The fourth-order valence-corrected chi connectivity index (χ4v) is 3.38. The van der Waals surface area contributed by atoms with Gasteiger partial charge in [-0.25, -0.2) is 4.98 Å². The number of carbonyl (C=O) groups is 1. The first-order chi connectivity index (χ1) is 10.7. The number of fused-ring (bicyclic) bond motifs is 1. The predicted molar refractivity (Wildman–Crippen MR) is 91.8 cm³/mol. The average molecular weight is 313 g/mol. The summed E-state index contributed by atoms with van der Waals surface area (Å²) in [6, 6.07) is 6.44. The molecule has 0 fully saturated rings. The molecule has 0 aliphatic heterocycles. The van der Waals surface area contributed by atoms with E-state index >= 15 is 0 Å². The topological polar surface area (TPSA) is 46.9 Å². The number of hydrogen-bond acceptors (Lipinski definition) is 3. The zero-order valence-corrected chi connectivity index (χ0v) is 13.8. The lowest BCUT2D eigenvalue weighted by Gasteiger charge is -2.08. The summed E-state index contributed by atoms with van der Waals surface area (Å²) in [7, 11) is 0. The van der Waals surface area contributed by atoms with E-state index in [2.05, 4.69) is 46.9 Å². The number of nitrogens with zero attached hydrogens (tertiary/aromatic N) is 2. The quantitative estimate of drug-likeness (QED) is 0.783. The molecule has 5 heteroatoms. The Morgan fingerprint density at radius 2 is 2.18 bits per heavy atom. The van der Waals surface area contributed by atoms with E-state index in [1.165, 1.54) is 16.9 Å². The number of carbonyl (C=O) groups excluding carboxylic acids is 1. The molecule has 22 heavy (non-hydrogen) atoms. The fraction of sp³-hybridized carbons (Fsp3) is 0.294. The van der Waals surface area contributed by atoms with E-state index in [4.69, 9.17) is 0 Å². The van der Waals surface area contributed by atoms with Crippen LogP contribution < -0.4 is 5.32 Å². The van der Waals surface area contributed by atoms with Crippen LogP contribution in [0.15, 0.2) is 29.8 Å². The number of aryl methyl sites for hydroxylation is 3. The van der Waals surface area contributed by atoms with Gasteiger partial charge in [-0.2, -0.15) is 0 Å². The monoisotopic (exact) mass is 313 g/mol. The first kappa shape index (κ1) is 14.8. The van der Waals surface area contributed by atoms with E-state index in [9.17, 15) is 4.79 Å². The van der Waals surface area contributed by atoms with Crippen LogP contribution in [0.1, 0.15) is 35.5 Å². The maximum atomic E-state index is 12.7. The largest absolute Gasteiger partial charge is 0.337 e. The molecule has 0 aliphatic rings. The van der Waals surface area contributed by atoms with Crippen LogP contribution in [-0.4, -0.2) is 15.5 Å². The Bertz CT molecular complexity index is 818. The van der Waals surface area contributed by atoms with Gasteiger partial charge in [-0.05, 0) is 43.5 Å². The Labute approximate surface area is 133 Å². The molecule has 114 valence electrons. The Balaban J connectivity index is 2.11. The van der Waals surface area contributed by atoms with Crippen molar-refractivity contribution in [3.63, 3.8) is 0 Å². The molecule has 2 heterocycles. The molecule has 1 amide bonds. The van der Waals surface area contributed by atoms with Crippen LogP contribution in [0.4, 0.5) is 5.13 Å². The lowest BCUT2D eigenvalue weighted by molar-refractivity contribution is 0.101. The van der Waals surface area contributed by atoms with Gasteiger partial charge in [0.05, 0.1) is 0 Å². The van der Waals surface area contributed by atoms with Gasteiger partial charge < -0.3 is 4.57 Å². The van der Waals surface area contributed by atoms with Crippen molar-refractivity contribution >= 4 is 33.3 Å². The number of hydrogen-bond donors (Lipinski definition) is 1. The molecule has 1 N–H and O–H groups in total. The molecule has 2 aromatic heterocycles. The number of benzene rings is 1. The first-order valence-corrected chi connectivity index (χ1v) is 8.36. The van der Waals surface area contributed by atoms with Crippen LogP contribution in [0.25, 0.3) is 10.9 Å². The molecule has 0 atom stereocenters. The third-order valence-corrected chi connectivity index (χ3v) is 4.66. The van der Waals surface area contributed by atoms with E-state index in [1.54, 1.807) is 6.20 Å². The van der Waals surface area contributed by atoms with E-state index in [0.29, 0.717) is 5.13 Å². The van der Waals surface area contributed by atoms with Gasteiger partial charge in [0.15, 0.2) is 5.13 Å². The maximum Gasteiger partial charge on any atom is 0.274 e. The Morgan fingerprint density at radius 3 is 2.82 bits per heavy atom. The number of amides is 1. The van der Waals surface area contributed by atoms with Crippen LogP contribution in [0.3, 0.4) is 0 Å². The highest BCUT2D eigenvalue weighted by Gasteiger charge is 2.20. The summed E-state index contributed by atoms with van der Waals surface area (Å²) >= 11 is 1.43. The second-order valence-electron chi connectivity index (χ2n) is 5.21. The third kappa shape index (κ3) is 2.41. The molecule has 4 nitrogen and oxygen atoms in total. The van der Waals surface area contributed by atoms with Gasteiger partial charge in [0.1, 0.15) is 5.69 Å². The summed E-state index contributed by atoms with van der Waals surface area (Å²) in [5, 5.41) is 6.53. The summed E-state index contributed by atoms with van der Waals surface area (Å²) in [5.41, 5.74) is 4.15. The highest BCUT2D eigenvalue weighted by atomic mass is 32.1. The van der Waals surface area contributed by atoms with Crippen molar-refractivity contribution in [1.82, 2.24) is 9.55 Å². The van der Waals surface area contributed by atoms with E-state index < -0.39 is 0 Å². The van der Waals surface area contributed by atoms with Gasteiger partial charge in [-0.15, -0.1) is 11.3 Å². The van der Waals surface area contributed by atoms with Gasteiger partial charge in [0.2, 0.25) is 0 Å². The van der Waals surface area contributed by atoms with E-state index in [0.717, 1.165) is 35.1 Å². The van der Waals surface area contributed by atoms with Gasteiger partial charge in [0, 0.05) is 29.0 Å². The molecular weight excluding hydrogens is 294 g/mol. The van der Waals surface area contributed by atoms with Gasteiger partial charge in [-0.1, -0.05) is 13.0 Å². The summed E-state index contributed by atoms with van der Waals surface area (Å²) in [5.74, 6) is -0.0939. The van der Waals surface area contributed by atoms with Crippen molar-refractivity contribution < 1.29 is 4.79 Å². The lowest BCUT2D eigenvalue weighted by atomic mass is 10.1. The molecule has 0 spiro atoms. The number of thiazole rings is 1. The average Bonchev–Trinajstić information content (AvgIpc) is 3.13. The van der Waals surface area contributed by atoms with Crippen molar-refractivity contribution in [3.8, 4) is 0 Å². The number of anilines is 1. The second kappa shape index (κ2) is 5.93. The zero-order chi connectivity index (χ0) is 15.7. The lowest BCUT2D eigenvalue weighted by Crippen LogP contribution is -2.17. The molecule has 3 aromatic rings. The molecule has 0 radical (unpaired) electrons. The third-order valence-electron chi connectivity index (χ3n) is 3.97. The first-order valence-electron chi connectivity index (χ1n) is 7.48. The van der Waals surface area contributed by atoms with E-state index in [1.807, 2.05) is 12.3 Å². The molecule has 0 saturated carbocycles. The van der Waals surface area contributed by atoms with Crippen LogP contribution >= 0.6 is 11.3 Å². The molecule has 0 unspecified atom stereocenters. The van der Waals surface area contributed by atoms with Crippen LogP contribution in [0, 0.1) is 6.92 Å². The fourth-order valence-electron chi connectivity index (χ4n) is 2.85.